The van der Waals surface area contributed by atoms with Crippen LogP contribution in [0.15, 0.2) is 17.4 Å². The van der Waals surface area contributed by atoms with Crippen LogP contribution >= 0.6 is 11.3 Å². The van der Waals surface area contributed by atoms with E-state index < -0.39 is 0 Å². The van der Waals surface area contributed by atoms with Gasteiger partial charge in [0.2, 0.25) is 0 Å². The number of aromatic nitrogens is 3. The maximum absolute atomic E-state index is 4.46. The normalized spacial score (nSPS) is 11.8. The van der Waals surface area contributed by atoms with Crippen molar-refractivity contribution in [1.29, 1.82) is 0 Å². The molecule has 0 amide bonds. The average molecular weight is 320 g/mol. The number of guanidine groups is 1. The number of aryl methyl sites for hydroxylation is 3. The highest BCUT2D eigenvalue weighted by Crippen LogP contribution is 2.17. The van der Waals surface area contributed by atoms with Gasteiger partial charge in [0, 0.05) is 57.3 Å². The van der Waals surface area contributed by atoms with Gasteiger partial charge < -0.3 is 10.2 Å². The van der Waals surface area contributed by atoms with Crippen molar-refractivity contribution in [3.8, 4) is 0 Å². The van der Waals surface area contributed by atoms with Crippen LogP contribution in [0.2, 0.25) is 0 Å². The highest BCUT2D eigenvalue weighted by Gasteiger charge is 2.09. The van der Waals surface area contributed by atoms with E-state index in [1.165, 1.54) is 10.4 Å². The van der Waals surface area contributed by atoms with Crippen LogP contribution in [-0.4, -0.2) is 46.3 Å². The van der Waals surface area contributed by atoms with Crippen molar-refractivity contribution in [2.45, 2.75) is 26.8 Å². The Bertz CT molecular complexity index is 642. The summed E-state index contributed by atoms with van der Waals surface area (Å²) >= 11 is 1.77. The van der Waals surface area contributed by atoms with E-state index in [-0.39, 0.29) is 0 Å². The van der Waals surface area contributed by atoms with Crippen molar-refractivity contribution in [2.75, 3.05) is 20.6 Å². The Labute approximate surface area is 135 Å². The Morgan fingerprint density at radius 1 is 1.45 bits per heavy atom. The molecule has 0 saturated carbocycles. The molecular formula is C15H24N6S. The van der Waals surface area contributed by atoms with Crippen molar-refractivity contribution in [1.82, 2.24) is 25.0 Å². The average Bonchev–Trinajstić information content (AvgIpc) is 3.00. The molecule has 0 bridgehead atoms. The molecule has 2 heterocycles. The van der Waals surface area contributed by atoms with E-state index in [0.29, 0.717) is 0 Å². The summed E-state index contributed by atoms with van der Waals surface area (Å²) < 4.78 is 1.81. The molecule has 0 unspecified atom stereocenters. The fraction of sp³-hybridized carbons (Fsp3) is 0.533. The second-order valence-electron chi connectivity index (χ2n) is 5.34. The third kappa shape index (κ3) is 4.30. The van der Waals surface area contributed by atoms with Crippen LogP contribution in [-0.2, 0) is 20.0 Å². The standard InChI is InChI=1S/C15H24N6S/c1-11-14(22-12(2)19-11)6-7-17-15(16-3)20(4)9-13-8-18-21(5)10-13/h8,10H,6-7,9H2,1-5H3,(H,16,17). The highest BCUT2D eigenvalue weighted by molar-refractivity contribution is 7.11. The molecule has 0 spiro atoms. The molecule has 0 atom stereocenters. The molecule has 0 aliphatic rings. The van der Waals surface area contributed by atoms with Gasteiger partial charge in [0.25, 0.3) is 0 Å². The van der Waals surface area contributed by atoms with E-state index in [2.05, 4.69) is 39.1 Å². The molecule has 0 saturated heterocycles. The molecule has 22 heavy (non-hydrogen) atoms. The summed E-state index contributed by atoms with van der Waals surface area (Å²) in [5, 5.41) is 8.73. The lowest BCUT2D eigenvalue weighted by atomic mass is 10.3. The Morgan fingerprint density at radius 3 is 2.77 bits per heavy atom. The van der Waals surface area contributed by atoms with E-state index in [1.807, 2.05) is 38.2 Å². The highest BCUT2D eigenvalue weighted by atomic mass is 32.1. The summed E-state index contributed by atoms with van der Waals surface area (Å²) in [6.07, 6.45) is 4.87. The van der Waals surface area contributed by atoms with Crippen LogP contribution in [0.3, 0.4) is 0 Å². The second kappa shape index (κ2) is 7.40. The summed E-state index contributed by atoms with van der Waals surface area (Å²) in [4.78, 5) is 12.2. The van der Waals surface area contributed by atoms with Crippen molar-refractivity contribution >= 4 is 17.3 Å². The predicted octanol–water partition coefficient (Wildman–Crippen LogP) is 1.74. The van der Waals surface area contributed by atoms with Crippen molar-refractivity contribution < 1.29 is 0 Å². The summed E-state index contributed by atoms with van der Waals surface area (Å²) in [5.41, 5.74) is 2.31. The first-order valence-corrected chi connectivity index (χ1v) is 8.13. The Kier molecular flexibility index (Phi) is 5.54. The first-order valence-electron chi connectivity index (χ1n) is 7.31. The lowest BCUT2D eigenvalue weighted by Crippen LogP contribution is -2.39. The van der Waals surface area contributed by atoms with Crippen LogP contribution in [0.5, 0.6) is 0 Å². The lowest BCUT2D eigenvalue weighted by Gasteiger charge is -2.21. The fourth-order valence-electron chi connectivity index (χ4n) is 2.38. The van der Waals surface area contributed by atoms with E-state index in [4.69, 9.17) is 0 Å². The van der Waals surface area contributed by atoms with E-state index in [9.17, 15) is 0 Å². The minimum absolute atomic E-state index is 0.784. The minimum atomic E-state index is 0.784. The molecule has 2 rings (SSSR count). The first-order chi connectivity index (χ1) is 10.5. The molecule has 7 heteroatoms. The molecular weight excluding hydrogens is 296 g/mol. The SMILES string of the molecule is CN=C(NCCc1sc(C)nc1C)N(C)Cc1cnn(C)c1. The summed E-state index contributed by atoms with van der Waals surface area (Å²) in [6.45, 7) is 5.76. The minimum Gasteiger partial charge on any atom is -0.356 e. The molecule has 2 aromatic heterocycles. The molecule has 0 aliphatic heterocycles. The van der Waals surface area contributed by atoms with E-state index in [0.717, 1.165) is 36.2 Å². The van der Waals surface area contributed by atoms with Gasteiger partial charge in [0.05, 0.1) is 16.9 Å². The first kappa shape index (κ1) is 16.5. The van der Waals surface area contributed by atoms with E-state index >= 15 is 0 Å². The van der Waals surface area contributed by atoms with Gasteiger partial charge in [0.1, 0.15) is 0 Å². The number of nitrogens with zero attached hydrogens (tertiary/aromatic N) is 5. The fourth-order valence-corrected chi connectivity index (χ4v) is 3.32. The van der Waals surface area contributed by atoms with Crippen LogP contribution in [0, 0.1) is 13.8 Å². The summed E-state index contributed by atoms with van der Waals surface area (Å²) in [5.74, 6) is 0.891. The van der Waals surface area contributed by atoms with Gasteiger partial charge in [0.15, 0.2) is 5.96 Å². The van der Waals surface area contributed by atoms with E-state index in [1.54, 1.807) is 11.3 Å². The molecule has 0 aromatic carbocycles. The number of hydrogen-bond donors (Lipinski definition) is 1. The van der Waals surface area contributed by atoms with Gasteiger partial charge in [-0.15, -0.1) is 11.3 Å². The van der Waals surface area contributed by atoms with Crippen LogP contribution in [0.4, 0.5) is 0 Å². The predicted molar refractivity (Wildman–Crippen MR) is 91.3 cm³/mol. The third-order valence-electron chi connectivity index (χ3n) is 3.39. The van der Waals surface area contributed by atoms with Gasteiger partial charge in [-0.2, -0.15) is 5.10 Å². The zero-order valence-corrected chi connectivity index (χ0v) is 14.7. The molecule has 6 nitrogen and oxygen atoms in total. The van der Waals surface area contributed by atoms with Crippen molar-refractivity contribution in [3.63, 3.8) is 0 Å². The third-order valence-corrected chi connectivity index (χ3v) is 4.52. The number of nitrogens with one attached hydrogen (secondary N) is 1. The molecule has 0 fully saturated rings. The molecule has 0 radical (unpaired) electrons. The topological polar surface area (TPSA) is 58.3 Å². The van der Waals surface area contributed by atoms with Gasteiger partial charge in [-0.3, -0.25) is 9.67 Å². The van der Waals surface area contributed by atoms with Crippen LogP contribution in [0.1, 0.15) is 21.1 Å². The monoisotopic (exact) mass is 320 g/mol. The van der Waals surface area contributed by atoms with Gasteiger partial charge >= 0.3 is 0 Å². The number of hydrogen-bond acceptors (Lipinski definition) is 4. The molecule has 0 aliphatic carbocycles. The largest absolute Gasteiger partial charge is 0.356 e. The Hall–Kier alpha value is -1.89. The Morgan fingerprint density at radius 2 is 2.23 bits per heavy atom. The van der Waals surface area contributed by atoms with Crippen LogP contribution < -0.4 is 5.32 Å². The second-order valence-corrected chi connectivity index (χ2v) is 6.63. The number of thiazole rings is 1. The number of rotatable bonds is 5. The van der Waals surface area contributed by atoms with Gasteiger partial charge in [-0.25, -0.2) is 4.98 Å². The maximum Gasteiger partial charge on any atom is 0.193 e. The van der Waals surface area contributed by atoms with Gasteiger partial charge in [-0.1, -0.05) is 0 Å². The molecule has 120 valence electrons. The molecule has 2 aromatic rings. The quantitative estimate of drug-likeness (QED) is 0.673. The van der Waals surface area contributed by atoms with Gasteiger partial charge in [-0.05, 0) is 13.8 Å². The smallest absolute Gasteiger partial charge is 0.193 e. The Balaban J connectivity index is 1.85. The van der Waals surface area contributed by atoms with Crippen molar-refractivity contribution in [3.05, 3.63) is 33.5 Å². The maximum atomic E-state index is 4.46. The lowest BCUT2D eigenvalue weighted by molar-refractivity contribution is 0.477. The zero-order chi connectivity index (χ0) is 16.1. The summed E-state index contributed by atoms with van der Waals surface area (Å²) in [6, 6.07) is 0. The van der Waals surface area contributed by atoms with Crippen molar-refractivity contribution in [2.24, 2.45) is 12.0 Å². The summed E-state index contributed by atoms with van der Waals surface area (Å²) in [7, 11) is 5.77. The molecule has 1 N–H and O–H groups in total. The van der Waals surface area contributed by atoms with Crippen LogP contribution in [0.25, 0.3) is 0 Å². The zero-order valence-electron chi connectivity index (χ0n) is 13.9. The number of aliphatic imine (C=N–C) groups is 1.